The molecule has 1 heterocycles. The number of aromatic nitrogens is 1. The number of carbonyl (C=O) groups is 2. The first-order valence-corrected chi connectivity index (χ1v) is 4.61. The molecule has 1 N–H and O–H groups in total. The molecule has 1 rings (SSSR count). The van der Waals surface area contributed by atoms with Crippen molar-refractivity contribution in [1.29, 1.82) is 0 Å². The lowest BCUT2D eigenvalue weighted by molar-refractivity contribution is -0.152. The molecule has 5 nitrogen and oxygen atoms in total. The first-order chi connectivity index (χ1) is 7.13. The Morgan fingerprint density at radius 1 is 1.60 bits per heavy atom. The molecular weight excluding hydrogens is 220 g/mol. The van der Waals surface area contributed by atoms with E-state index in [9.17, 15) is 9.59 Å². The van der Waals surface area contributed by atoms with Crippen LogP contribution in [0.2, 0.25) is 5.02 Å². The highest BCUT2D eigenvalue weighted by Crippen LogP contribution is 2.11. The summed E-state index contributed by atoms with van der Waals surface area (Å²) in [6.45, 7) is 1.76. The molecule has 0 saturated heterocycles. The van der Waals surface area contributed by atoms with Crippen LogP contribution in [0, 0.1) is 0 Å². The average molecular weight is 229 g/mol. The van der Waals surface area contributed by atoms with E-state index in [-0.39, 0.29) is 12.4 Å². The topological polar surface area (TPSA) is 68.3 Å². The molecule has 0 saturated carbocycles. The largest absolute Gasteiger partial charge is 0.459 e. The lowest BCUT2D eigenvalue weighted by atomic mass is 10.4. The highest BCUT2D eigenvalue weighted by atomic mass is 35.5. The van der Waals surface area contributed by atoms with Crippen molar-refractivity contribution in [2.24, 2.45) is 0 Å². The molecule has 0 radical (unpaired) electrons. The van der Waals surface area contributed by atoms with Crippen LogP contribution in [-0.2, 0) is 14.3 Å². The number of ether oxygens (including phenoxy) is 1. The Kier molecular flexibility index (Phi) is 4.05. The summed E-state index contributed by atoms with van der Waals surface area (Å²) in [5, 5.41) is 2.68. The molecule has 0 fully saturated rings. The van der Waals surface area contributed by atoms with Crippen molar-refractivity contribution in [3.05, 3.63) is 23.4 Å². The van der Waals surface area contributed by atoms with Crippen molar-refractivity contribution >= 4 is 29.3 Å². The zero-order chi connectivity index (χ0) is 11.3. The Morgan fingerprint density at radius 2 is 2.33 bits per heavy atom. The standard InChI is InChI=1S/C9H9ClN2O3/c1-2-15-9(14)8(13)12-7-5-6(10)3-4-11-7/h3-5H,2H2,1H3,(H,11,12,13). The van der Waals surface area contributed by atoms with Crippen LogP contribution in [0.5, 0.6) is 0 Å². The maximum Gasteiger partial charge on any atom is 0.397 e. The SMILES string of the molecule is CCOC(=O)C(=O)Nc1cc(Cl)ccn1. The van der Waals surface area contributed by atoms with Crippen LogP contribution in [0.25, 0.3) is 0 Å². The third-order valence-electron chi connectivity index (χ3n) is 1.42. The van der Waals surface area contributed by atoms with Gasteiger partial charge in [-0.25, -0.2) is 9.78 Å². The molecule has 0 aliphatic heterocycles. The van der Waals surface area contributed by atoms with Gasteiger partial charge in [0.15, 0.2) is 0 Å². The van der Waals surface area contributed by atoms with Gasteiger partial charge in [-0.05, 0) is 19.1 Å². The van der Waals surface area contributed by atoms with Gasteiger partial charge >= 0.3 is 11.9 Å². The van der Waals surface area contributed by atoms with Crippen molar-refractivity contribution in [1.82, 2.24) is 4.98 Å². The number of esters is 1. The maximum atomic E-state index is 11.1. The lowest BCUT2D eigenvalue weighted by Gasteiger charge is -2.03. The highest BCUT2D eigenvalue weighted by molar-refractivity contribution is 6.37. The minimum Gasteiger partial charge on any atom is -0.459 e. The van der Waals surface area contributed by atoms with Crippen molar-refractivity contribution < 1.29 is 14.3 Å². The second kappa shape index (κ2) is 5.31. The molecule has 15 heavy (non-hydrogen) atoms. The second-order valence-corrected chi connectivity index (χ2v) is 2.97. The number of pyridine rings is 1. The van der Waals surface area contributed by atoms with Crippen LogP contribution in [0.3, 0.4) is 0 Å². The van der Waals surface area contributed by atoms with E-state index >= 15 is 0 Å². The van der Waals surface area contributed by atoms with Gasteiger partial charge in [-0.3, -0.25) is 4.79 Å². The number of carbonyl (C=O) groups excluding carboxylic acids is 2. The van der Waals surface area contributed by atoms with E-state index < -0.39 is 11.9 Å². The normalized spacial score (nSPS) is 9.47. The second-order valence-electron chi connectivity index (χ2n) is 2.53. The predicted octanol–water partition coefficient (Wildman–Crippen LogP) is 1.24. The van der Waals surface area contributed by atoms with E-state index in [0.29, 0.717) is 5.02 Å². The van der Waals surface area contributed by atoms with Gasteiger partial charge in [0.05, 0.1) is 6.61 Å². The molecule has 1 aromatic rings. The number of hydrogen-bond acceptors (Lipinski definition) is 4. The van der Waals surface area contributed by atoms with Gasteiger partial charge in [0, 0.05) is 11.2 Å². The Bertz CT molecular complexity index is 381. The number of nitrogens with one attached hydrogen (secondary N) is 1. The molecular formula is C9H9ClN2O3. The number of rotatable bonds is 2. The van der Waals surface area contributed by atoms with Crippen LogP contribution in [0.4, 0.5) is 5.82 Å². The summed E-state index contributed by atoms with van der Waals surface area (Å²) in [4.78, 5) is 25.9. The summed E-state index contributed by atoms with van der Waals surface area (Å²) < 4.78 is 4.49. The number of nitrogens with zero attached hydrogens (tertiary/aromatic N) is 1. The molecule has 0 aliphatic carbocycles. The number of anilines is 1. The van der Waals surface area contributed by atoms with E-state index in [1.807, 2.05) is 0 Å². The van der Waals surface area contributed by atoms with Gasteiger partial charge in [0.2, 0.25) is 0 Å². The molecule has 0 aliphatic rings. The quantitative estimate of drug-likeness (QED) is 0.611. The monoisotopic (exact) mass is 228 g/mol. The first-order valence-electron chi connectivity index (χ1n) is 4.23. The predicted molar refractivity (Wildman–Crippen MR) is 54.5 cm³/mol. The number of amides is 1. The molecule has 0 spiro atoms. The van der Waals surface area contributed by atoms with E-state index in [2.05, 4.69) is 15.0 Å². The fraction of sp³-hybridized carbons (Fsp3) is 0.222. The van der Waals surface area contributed by atoms with Gasteiger partial charge in [0.25, 0.3) is 0 Å². The molecule has 0 unspecified atom stereocenters. The maximum absolute atomic E-state index is 11.1. The van der Waals surface area contributed by atoms with Gasteiger partial charge in [0.1, 0.15) is 5.82 Å². The number of halogens is 1. The molecule has 1 aromatic heterocycles. The number of hydrogen-bond donors (Lipinski definition) is 1. The minimum atomic E-state index is -0.945. The van der Waals surface area contributed by atoms with Crippen LogP contribution in [0.1, 0.15) is 6.92 Å². The summed E-state index contributed by atoms with van der Waals surface area (Å²) in [5.74, 6) is -1.61. The summed E-state index contributed by atoms with van der Waals surface area (Å²) >= 11 is 5.66. The smallest absolute Gasteiger partial charge is 0.397 e. The molecule has 6 heteroatoms. The first kappa shape index (κ1) is 11.5. The third-order valence-corrected chi connectivity index (χ3v) is 1.66. The van der Waals surface area contributed by atoms with Gasteiger partial charge in [-0.1, -0.05) is 11.6 Å². The van der Waals surface area contributed by atoms with Gasteiger partial charge in [-0.2, -0.15) is 0 Å². The van der Waals surface area contributed by atoms with Crippen LogP contribution >= 0.6 is 11.6 Å². The van der Waals surface area contributed by atoms with E-state index in [1.54, 1.807) is 13.0 Å². The molecule has 0 aromatic carbocycles. The van der Waals surface area contributed by atoms with Gasteiger partial charge in [-0.15, -0.1) is 0 Å². The van der Waals surface area contributed by atoms with Crippen LogP contribution < -0.4 is 5.32 Å². The summed E-state index contributed by atoms with van der Waals surface area (Å²) in [6, 6.07) is 2.99. The molecule has 0 atom stereocenters. The molecule has 80 valence electrons. The van der Waals surface area contributed by atoms with Crippen molar-refractivity contribution in [3.8, 4) is 0 Å². The highest BCUT2D eigenvalue weighted by Gasteiger charge is 2.14. The van der Waals surface area contributed by atoms with Crippen LogP contribution in [0.15, 0.2) is 18.3 Å². The average Bonchev–Trinajstić information content (AvgIpc) is 2.18. The van der Waals surface area contributed by atoms with E-state index in [0.717, 1.165) is 0 Å². The summed E-state index contributed by atoms with van der Waals surface area (Å²) in [6.07, 6.45) is 1.42. The fourth-order valence-corrected chi connectivity index (χ4v) is 0.997. The zero-order valence-electron chi connectivity index (χ0n) is 7.99. The van der Waals surface area contributed by atoms with Crippen molar-refractivity contribution in [3.63, 3.8) is 0 Å². The molecule has 1 amide bonds. The Labute approximate surface area is 91.4 Å². The van der Waals surface area contributed by atoms with Gasteiger partial charge < -0.3 is 10.1 Å². The van der Waals surface area contributed by atoms with E-state index in [4.69, 9.17) is 11.6 Å². The van der Waals surface area contributed by atoms with E-state index in [1.165, 1.54) is 12.3 Å². The van der Waals surface area contributed by atoms with Crippen molar-refractivity contribution in [2.75, 3.05) is 11.9 Å². The van der Waals surface area contributed by atoms with Crippen LogP contribution in [-0.4, -0.2) is 23.5 Å². The minimum absolute atomic E-state index is 0.148. The van der Waals surface area contributed by atoms with Crippen molar-refractivity contribution in [2.45, 2.75) is 6.92 Å². The Morgan fingerprint density at radius 3 is 2.93 bits per heavy atom. The Balaban J connectivity index is 2.62. The summed E-state index contributed by atoms with van der Waals surface area (Å²) in [7, 11) is 0. The fourth-order valence-electron chi connectivity index (χ4n) is 0.837. The zero-order valence-corrected chi connectivity index (χ0v) is 8.75. The lowest BCUT2D eigenvalue weighted by Crippen LogP contribution is -2.25. The third kappa shape index (κ3) is 3.55. The Hall–Kier alpha value is -1.62. The molecule has 0 bridgehead atoms. The summed E-state index contributed by atoms with van der Waals surface area (Å²) in [5.41, 5.74) is 0.